The van der Waals surface area contributed by atoms with Gasteiger partial charge in [0.1, 0.15) is 11.3 Å². The van der Waals surface area contributed by atoms with Crippen molar-refractivity contribution in [1.29, 1.82) is 0 Å². The summed E-state index contributed by atoms with van der Waals surface area (Å²) in [4.78, 5) is 2.54. The fourth-order valence-electron chi connectivity index (χ4n) is 4.70. The van der Waals surface area contributed by atoms with Crippen LogP contribution in [0.2, 0.25) is 0 Å². The Hall–Kier alpha value is -1.55. The van der Waals surface area contributed by atoms with Gasteiger partial charge in [0.25, 0.3) is 0 Å². The Kier molecular flexibility index (Phi) is 1.98. The molecule has 5 rings (SSSR count). The summed E-state index contributed by atoms with van der Waals surface area (Å²) in [5.74, 6) is 1.38. The van der Waals surface area contributed by atoms with E-state index in [2.05, 4.69) is 4.90 Å². The minimum absolute atomic E-state index is 0.280. The van der Waals surface area contributed by atoms with E-state index in [9.17, 15) is 9.50 Å². The zero-order chi connectivity index (χ0) is 13.4. The average Bonchev–Trinajstić information content (AvgIpc) is 3.10. The molecule has 2 bridgehead atoms. The first-order chi connectivity index (χ1) is 9.72. The van der Waals surface area contributed by atoms with Crippen LogP contribution in [0.3, 0.4) is 0 Å². The maximum Gasteiger partial charge on any atom is 0.176 e. The second-order valence-electron chi connectivity index (χ2n) is 6.47. The number of halogens is 1. The standard InChI is InChI=1S/C16H16FNO2/c17-15-12(19)1-2-13-14(15)9-3-4-18-7-8-5-10(11(18)6-8)16(9)20-13/h1-2,8,10-11,19H,3-7H2/t8-,10+,11-/m0/s1. The fourth-order valence-corrected chi connectivity index (χ4v) is 4.70. The van der Waals surface area contributed by atoms with Gasteiger partial charge in [0.05, 0.1) is 5.39 Å². The van der Waals surface area contributed by atoms with Crippen LogP contribution in [0.4, 0.5) is 4.39 Å². The molecule has 0 radical (unpaired) electrons. The molecule has 1 aromatic carbocycles. The molecule has 1 N–H and O–H groups in total. The smallest absolute Gasteiger partial charge is 0.176 e. The Morgan fingerprint density at radius 2 is 2.20 bits per heavy atom. The van der Waals surface area contributed by atoms with Gasteiger partial charge < -0.3 is 9.52 Å². The van der Waals surface area contributed by atoms with Crippen molar-refractivity contribution in [2.24, 2.45) is 5.92 Å². The number of fused-ring (bicyclic) bond motifs is 5. The van der Waals surface area contributed by atoms with E-state index in [4.69, 9.17) is 4.42 Å². The predicted octanol–water partition coefficient (Wildman–Crippen LogP) is 3.01. The Morgan fingerprint density at radius 3 is 3.05 bits per heavy atom. The first-order valence-electron chi connectivity index (χ1n) is 7.39. The molecule has 1 saturated carbocycles. The summed E-state index contributed by atoms with van der Waals surface area (Å²) in [6.07, 6.45) is 3.25. The van der Waals surface area contributed by atoms with Gasteiger partial charge in [-0.3, -0.25) is 4.90 Å². The lowest BCUT2D eigenvalue weighted by Crippen LogP contribution is -2.36. The second-order valence-corrected chi connectivity index (χ2v) is 6.47. The number of aromatic hydroxyl groups is 1. The maximum atomic E-state index is 14.3. The van der Waals surface area contributed by atoms with E-state index in [1.165, 1.54) is 25.5 Å². The number of benzene rings is 1. The van der Waals surface area contributed by atoms with Gasteiger partial charge in [-0.2, -0.15) is 0 Å². The van der Waals surface area contributed by atoms with E-state index >= 15 is 0 Å². The molecule has 3 heterocycles. The van der Waals surface area contributed by atoms with Crippen molar-refractivity contribution in [2.45, 2.75) is 31.2 Å². The molecule has 0 spiro atoms. The molecule has 4 heteroatoms. The van der Waals surface area contributed by atoms with Crippen molar-refractivity contribution < 1.29 is 13.9 Å². The van der Waals surface area contributed by atoms with Gasteiger partial charge in [-0.15, -0.1) is 0 Å². The molecular formula is C16H16FNO2. The van der Waals surface area contributed by atoms with Crippen LogP contribution in [-0.2, 0) is 6.42 Å². The molecule has 0 amide bonds. The van der Waals surface area contributed by atoms with Gasteiger partial charge in [0.2, 0.25) is 0 Å². The van der Waals surface area contributed by atoms with Crippen LogP contribution in [0, 0.1) is 11.7 Å². The third-order valence-corrected chi connectivity index (χ3v) is 5.48. The highest BCUT2D eigenvalue weighted by molar-refractivity contribution is 5.85. The largest absolute Gasteiger partial charge is 0.505 e. The summed E-state index contributed by atoms with van der Waals surface area (Å²) >= 11 is 0. The molecule has 3 atom stereocenters. The third-order valence-electron chi connectivity index (χ3n) is 5.48. The van der Waals surface area contributed by atoms with Crippen LogP contribution in [0.5, 0.6) is 5.75 Å². The van der Waals surface area contributed by atoms with Crippen LogP contribution >= 0.6 is 0 Å². The summed E-state index contributed by atoms with van der Waals surface area (Å²) in [6, 6.07) is 3.65. The van der Waals surface area contributed by atoms with Gasteiger partial charge >= 0.3 is 0 Å². The lowest BCUT2D eigenvalue weighted by Gasteiger charge is -2.29. The van der Waals surface area contributed by atoms with Gasteiger partial charge in [-0.05, 0) is 37.3 Å². The van der Waals surface area contributed by atoms with Crippen molar-refractivity contribution in [2.75, 3.05) is 13.1 Å². The molecule has 1 aliphatic carbocycles. The molecule has 1 saturated heterocycles. The van der Waals surface area contributed by atoms with E-state index in [0.717, 1.165) is 30.2 Å². The highest BCUT2D eigenvalue weighted by Crippen LogP contribution is 2.51. The van der Waals surface area contributed by atoms with Gasteiger partial charge in [0, 0.05) is 30.6 Å². The van der Waals surface area contributed by atoms with Crippen LogP contribution in [0.15, 0.2) is 16.5 Å². The highest BCUT2D eigenvalue weighted by atomic mass is 19.1. The normalized spacial score (nSPS) is 31.8. The molecule has 20 heavy (non-hydrogen) atoms. The minimum Gasteiger partial charge on any atom is -0.505 e. The van der Waals surface area contributed by atoms with Gasteiger partial charge in [0.15, 0.2) is 11.6 Å². The number of rotatable bonds is 0. The Labute approximate surface area is 116 Å². The quantitative estimate of drug-likeness (QED) is 0.801. The molecule has 2 fully saturated rings. The van der Waals surface area contributed by atoms with Crippen LogP contribution < -0.4 is 0 Å². The average molecular weight is 273 g/mol. The van der Waals surface area contributed by atoms with Crippen LogP contribution in [-0.4, -0.2) is 29.1 Å². The van der Waals surface area contributed by atoms with E-state index in [1.807, 2.05) is 0 Å². The van der Waals surface area contributed by atoms with E-state index in [0.29, 0.717) is 22.9 Å². The summed E-state index contributed by atoms with van der Waals surface area (Å²) in [7, 11) is 0. The number of piperidine rings is 1. The molecule has 3 nitrogen and oxygen atoms in total. The molecule has 0 unspecified atom stereocenters. The molecule has 3 aliphatic rings. The number of nitrogens with zero attached hydrogens (tertiary/aromatic N) is 1. The zero-order valence-electron chi connectivity index (χ0n) is 11.1. The van der Waals surface area contributed by atoms with Crippen LogP contribution in [0.25, 0.3) is 11.0 Å². The number of hydrogen-bond acceptors (Lipinski definition) is 3. The molecular weight excluding hydrogens is 257 g/mol. The highest BCUT2D eigenvalue weighted by Gasteiger charge is 2.49. The second kappa shape index (κ2) is 3.55. The zero-order valence-corrected chi connectivity index (χ0v) is 11.1. The summed E-state index contributed by atoms with van der Waals surface area (Å²) < 4.78 is 20.3. The van der Waals surface area contributed by atoms with Gasteiger partial charge in [-0.25, -0.2) is 4.39 Å². The summed E-state index contributed by atoms with van der Waals surface area (Å²) in [5, 5.41) is 10.1. The monoisotopic (exact) mass is 273 g/mol. The summed E-state index contributed by atoms with van der Waals surface area (Å²) in [6.45, 7) is 2.17. The maximum absolute atomic E-state index is 14.3. The van der Waals surface area contributed by atoms with E-state index < -0.39 is 5.82 Å². The molecule has 1 aromatic heterocycles. The fraction of sp³-hybridized carbons (Fsp3) is 0.500. The third kappa shape index (κ3) is 1.23. The minimum atomic E-state index is -0.522. The number of hydrogen-bond donors (Lipinski definition) is 1. The molecule has 2 aliphatic heterocycles. The SMILES string of the molecule is Oc1ccc2oc3c(c2c1F)CCN1C[C@H]2C[C@@H]3[C@@H]1C2. The lowest BCUT2D eigenvalue weighted by atomic mass is 9.94. The summed E-state index contributed by atoms with van der Waals surface area (Å²) in [5.41, 5.74) is 1.58. The lowest BCUT2D eigenvalue weighted by molar-refractivity contribution is 0.194. The number of phenolic OH excluding ortho intramolecular Hbond substituents is 1. The predicted molar refractivity (Wildman–Crippen MR) is 72.4 cm³/mol. The van der Waals surface area contributed by atoms with Crippen molar-refractivity contribution in [3.63, 3.8) is 0 Å². The number of furan rings is 1. The molecule has 104 valence electrons. The Morgan fingerprint density at radius 1 is 1.30 bits per heavy atom. The first-order valence-corrected chi connectivity index (χ1v) is 7.39. The van der Waals surface area contributed by atoms with Crippen molar-refractivity contribution in [3.05, 3.63) is 29.3 Å². The van der Waals surface area contributed by atoms with Crippen molar-refractivity contribution in [1.82, 2.24) is 4.90 Å². The van der Waals surface area contributed by atoms with Crippen molar-refractivity contribution >= 4 is 11.0 Å². The number of phenols is 1. The van der Waals surface area contributed by atoms with E-state index in [1.54, 1.807) is 6.07 Å². The topological polar surface area (TPSA) is 36.6 Å². The van der Waals surface area contributed by atoms with E-state index in [-0.39, 0.29) is 5.75 Å². The van der Waals surface area contributed by atoms with Crippen LogP contribution in [0.1, 0.15) is 30.1 Å². The van der Waals surface area contributed by atoms with Crippen molar-refractivity contribution in [3.8, 4) is 5.75 Å². The Balaban J connectivity index is 1.78. The van der Waals surface area contributed by atoms with Gasteiger partial charge in [-0.1, -0.05) is 0 Å². The molecule has 2 aromatic rings. The Bertz CT molecular complexity index is 723. The first kappa shape index (κ1) is 11.1.